The Morgan fingerprint density at radius 2 is 1.12 bits per heavy atom. The number of nitrogens with zero attached hydrogens (tertiary/aromatic N) is 2. The van der Waals surface area contributed by atoms with Crippen molar-refractivity contribution in [1.82, 2.24) is 9.80 Å². The number of amides is 2. The maximum Gasteiger partial charge on any atom is 0.222 e. The van der Waals surface area contributed by atoms with E-state index in [1.54, 1.807) is 0 Å². The molecule has 24 heavy (non-hydrogen) atoms. The normalized spacial score (nSPS) is 25.9. The summed E-state index contributed by atoms with van der Waals surface area (Å²) in [6, 6.07) is 0.777. The summed E-state index contributed by atoms with van der Waals surface area (Å²) in [6.07, 6.45) is 12.4. The van der Waals surface area contributed by atoms with Crippen LogP contribution in [0.25, 0.3) is 0 Å². The number of hydrogen-bond acceptors (Lipinski definition) is 2. The Morgan fingerprint density at radius 3 is 1.54 bits per heavy atom. The third kappa shape index (κ3) is 5.78. The second-order valence-corrected chi connectivity index (χ2v) is 7.78. The van der Waals surface area contributed by atoms with Crippen LogP contribution in [0.4, 0.5) is 0 Å². The fourth-order valence-electron chi connectivity index (χ4n) is 4.13. The number of carbonyl (C=O) groups excluding carboxylic acids is 2. The van der Waals surface area contributed by atoms with Crippen LogP contribution in [0.3, 0.4) is 0 Å². The van der Waals surface area contributed by atoms with Gasteiger partial charge in [-0.25, -0.2) is 0 Å². The third-order valence-electron chi connectivity index (χ3n) is 5.78. The molecule has 0 saturated carbocycles. The van der Waals surface area contributed by atoms with Gasteiger partial charge in [0.15, 0.2) is 0 Å². The lowest BCUT2D eigenvalue weighted by Gasteiger charge is -2.28. The third-order valence-corrected chi connectivity index (χ3v) is 5.78. The van der Waals surface area contributed by atoms with Crippen molar-refractivity contribution in [2.75, 3.05) is 13.1 Å². The Balaban J connectivity index is 1.67. The molecule has 2 atom stereocenters. The van der Waals surface area contributed by atoms with Crippen LogP contribution in [0.15, 0.2) is 0 Å². The number of unbranched alkanes of at least 4 members (excludes halogenated alkanes) is 1. The predicted molar refractivity (Wildman–Crippen MR) is 97.8 cm³/mol. The number of hydrogen-bond donors (Lipinski definition) is 0. The van der Waals surface area contributed by atoms with E-state index in [0.717, 1.165) is 51.6 Å². The van der Waals surface area contributed by atoms with Gasteiger partial charge in [0.05, 0.1) is 0 Å². The van der Waals surface area contributed by atoms with Gasteiger partial charge in [-0.15, -0.1) is 0 Å². The van der Waals surface area contributed by atoms with E-state index >= 15 is 0 Å². The van der Waals surface area contributed by atoms with Gasteiger partial charge in [0.25, 0.3) is 0 Å². The van der Waals surface area contributed by atoms with Crippen molar-refractivity contribution in [3.05, 3.63) is 0 Å². The highest BCUT2D eigenvalue weighted by atomic mass is 16.2. The summed E-state index contributed by atoms with van der Waals surface area (Å²) in [5.41, 5.74) is 0. The van der Waals surface area contributed by atoms with Gasteiger partial charge in [-0.2, -0.15) is 0 Å². The summed E-state index contributed by atoms with van der Waals surface area (Å²) in [6.45, 7) is 6.19. The lowest BCUT2D eigenvalue weighted by Crippen LogP contribution is -2.38. The fraction of sp³-hybridized carbons (Fsp3) is 0.900. The van der Waals surface area contributed by atoms with Crippen LogP contribution in [0.2, 0.25) is 0 Å². The first-order chi connectivity index (χ1) is 11.6. The first kappa shape index (κ1) is 19.3. The summed E-state index contributed by atoms with van der Waals surface area (Å²) >= 11 is 0. The Kier molecular flexibility index (Phi) is 8.07. The molecule has 2 heterocycles. The molecule has 0 unspecified atom stereocenters. The quantitative estimate of drug-likeness (QED) is 0.708. The standard InChI is InChI=1S/C20H36N2O2/c1-17-11-5-3-9-15-21(17)19(23)13-7-8-14-20(24)22-16-10-4-6-12-18(22)2/h17-18H,3-16H2,1-2H3/t17-,18-/m0/s1. The van der Waals surface area contributed by atoms with E-state index < -0.39 is 0 Å². The number of likely N-dealkylation sites (tertiary alicyclic amines) is 2. The molecular formula is C20H36N2O2. The van der Waals surface area contributed by atoms with Gasteiger partial charge in [0.1, 0.15) is 0 Å². The summed E-state index contributed by atoms with van der Waals surface area (Å²) in [7, 11) is 0. The monoisotopic (exact) mass is 336 g/mol. The molecule has 2 rings (SSSR count). The minimum absolute atomic E-state index is 0.292. The fourth-order valence-corrected chi connectivity index (χ4v) is 4.13. The maximum atomic E-state index is 12.4. The van der Waals surface area contributed by atoms with Crippen molar-refractivity contribution >= 4 is 11.8 Å². The number of carbonyl (C=O) groups is 2. The molecule has 0 bridgehead atoms. The molecule has 0 aromatic carbocycles. The molecule has 0 N–H and O–H groups in total. The van der Waals surface area contributed by atoms with E-state index in [4.69, 9.17) is 0 Å². The van der Waals surface area contributed by atoms with Crippen molar-refractivity contribution in [2.24, 2.45) is 0 Å². The molecule has 0 spiro atoms. The molecule has 0 aliphatic carbocycles. The molecule has 0 aromatic rings. The molecule has 2 fully saturated rings. The summed E-state index contributed by atoms with van der Waals surface area (Å²) in [4.78, 5) is 29.0. The van der Waals surface area contributed by atoms with Gasteiger partial charge >= 0.3 is 0 Å². The second-order valence-electron chi connectivity index (χ2n) is 7.78. The molecule has 2 saturated heterocycles. The van der Waals surface area contributed by atoms with Crippen LogP contribution in [-0.4, -0.2) is 46.8 Å². The average Bonchev–Trinajstić information content (AvgIpc) is 2.91. The van der Waals surface area contributed by atoms with E-state index in [2.05, 4.69) is 23.6 Å². The van der Waals surface area contributed by atoms with Crippen LogP contribution >= 0.6 is 0 Å². The van der Waals surface area contributed by atoms with Gasteiger partial charge in [-0.1, -0.05) is 25.7 Å². The molecule has 4 heteroatoms. The van der Waals surface area contributed by atoms with Gasteiger partial charge in [0.2, 0.25) is 11.8 Å². The molecule has 2 aliphatic heterocycles. The van der Waals surface area contributed by atoms with Crippen LogP contribution < -0.4 is 0 Å². The highest BCUT2D eigenvalue weighted by Crippen LogP contribution is 2.20. The van der Waals surface area contributed by atoms with Gasteiger partial charge in [-0.05, 0) is 52.4 Å². The molecule has 2 amide bonds. The van der Waals surface area contributed by atoms with Crippen molar-refractivity contribution in [3.63, 3.8) is 0 Å². The SMILES string of the molecule is C[C@H]1CCCCCN1C(=O)CCCCC(=O)N1CCCCC[C@@H]1C. The lowest BCUT2D eigenvalue weighted by atomic mass is 10.1. The topological polar surface area (TPSA) is 40.6 Å². The minimum Gasteiger partial charge on any atom is -0.340 e. The van der Waals surface area contributed by atoms with Crippen LogP contribution in [0, 0.1) is 0 Å². The molecule has 0 aromatic heterocycles. The average molecular weight is 337 g/mol. The molecule has 2 aliphatic rings. The summed E-state index contributed by atoms with van der Waals surface area (Å²) in [5.74, 6) is 0.583. The summed E-state index contributed by atoms with van der Waals surface area (Å²) < 4.78 is 0. The molecule has 4 nitrogen and oxygen atoms in total. The zero-order chi connectivity index (χ0) is 17.4. The van der Waals surface area contributed by atoms with E-state index in [1.807, 2.05) is 0 Å². The highest BCUT2D eigenvalue weighted by molar-refractivity contribution is 5.77. The van der Waals surface area contributed by atoms with E-state index in [0.29, 0.717) is 36.7 Å². The Bertz CT molecular complexity index is 372. The zero-order valence-electron chi connectivity index (χ0n) is 15.8. The smallest absolute Gasteiger partial charge is 0.222 e. The zero-order valence-corrected chi connectivity index (χ0v) is 15.8. The van der Waals surface area contributed by atoms with Gasteiger partial charge in [0, 0.05) is 38.0 Å². The van der Waals surface area contributed by atoms with Gasteiger partial charge < -0.3 is 9.80 Å². The van der Waals surface area contributed by atoms with E-state index in [1.165, 1.54) is 25.7 Å². The molecular weight excluding hydrogens is 300 g/mol. The minimum atomic E-state index is 0.292. The van der Waals surface area contributed by atoms with E-state index in [9.17, 15) is 9.59 Å². The maximum absolute atomic E-state index is 12.4. The van der Waals surface area contributed by atoms with E-state index in [-0.39, 0.29) is 0 Å². The lowest BCUT2D eigenvalue weighted by molar-refractivity contribution is -0.135. The van der Waals surface area contributed by atoms with Crippen LogP contribution in [0.1, 0.15) is 90.9 Å². The summed E-state index contributed by atoms with van der Waals surface area (Å²) in [5, 5.41) is 0. The highest BCUT2D eigenvalue weighted by Gasteiger charge is 2.23. The molecule has 0 radical (unpaired) electrons. The Morgan fingerprint density at radius 1 is 0.708 bits per heavy atom. The van der Waals surface area contributed by atoms with Crippen molar-refractivity contribution < 1.29 is 9.59 Å². The Labute approximate surface area is 148 Å². The predicted octanol–water partition coefficient (Wildman–Crippen LogP) is 4.13. The van der Waals surface area contributed by atoms with Crippen molar-refractivity contribution in [2.45, 2.75) is 103 Å². The van der Waals surface area contributed by atoms with Crippen LogP contribution in [-0.2, 0) is 9.59 Å². The van der Waals surface area contributed by atoms with Crippen LogP contribution in [0.5, 0.6) is 0 Å². The number of rotatable bonds is 5. The Hall–Kier alpha value is -1.06. The van der Waals surface area contributed by atoms with Crippen molar-refractivity contribution in [1.29, 1.82) is 0 Å². The largest absolute Gasteiger partial charge is 0.340 e. The molecule has 138 valence electrons. The van der Waals surface area contributed by atoms with Crippen molar-refractivity contribution in [3.8, 4) is 0 Å². The second kappa shape index (κ2) is 10.0. The van der Waals surface area contributed by atoms with Gasteiger partial charge in [-0.3, -0.25) is 9.59 Å². The first-order valence-electron chi connectivity index (χ1n) is 10.2. The first-order valence-corrected chi connectivity index (χ1v) is 10.2.